The summed E-state index contributed by atoms with van der Waals surface area (Å²) >= 11 is 16.0. The smallest absolute Gasteiger partial charge is 0.146 e. The highest BCUT2D eigenvalue weighted by atomic mass is 32.1. The number of aromatic nitrogens is 4. The molecule has 0 fully saturated rings. The molecule has 0 amide bonds. The normalized spacial score (nSPS) is 13.1. The third-order valence-electron chi connectivity index (χ3n) is 23.5. The number of benzene rings is 4. The number of thiophene rings is 8. The van der Waals surface area contributed by atoms with Gasteiger partial charge >= 0.3 is 0 Å². The van der Waals surface area contributed by atoms with Crippen LogP contribution in [0.1, 0.15) is 245 Å². The second kappa shape index (κ2) is 41.1. The van der Waals surface area contributed by atoms with E-state index in [-0.39, 0.29) is 0 Å². The molecule has 10 aromatic heterocycles. The molecule has 4 atom stereocenters. The molecule has 115 heavy (non-hydrogen) atoms. The third-order valence-corrected chi connectivity index (χ3v) is 33.4. The Hall–Kier alpha value is -6.32. The van der Waals surface area contributed by atoms with Crippen molar-refractivity contribution in [1.82, 2.24) is 18.7 Å². The Morgan fingerprint density at radius 1 is 0.296 bits per heavy atom. The van der Waals surface area contributed by atoms with Gasteiger partial charge in [-0.05, 0) is 149 Å². The van der Waals surface area contributed by atoms with Gasteiger partial charge in [0.2, 0.25) is 0 Å². The van der Waals surface area contributed by atoms with Gasteiger partial charge in [0.05, 0.1) is 80.2 Å². The van der Waals surface area contributed by atoms with Crippen LogP contribution in [0.3, 0.4) is 0 Å². The van der Waals surface area contributed by atoms with Gasteiger partial charge in [-0.1, -0.05) is 209 Å². The average molecular weight is 1710 g/mol. The van der Waals surface area contributed by atoms with Crippen molar-refractivity contribution in [3.63, 3.8) is 0 Å². The summed E-state index contributed by atoms with van der Waals surface area (Å²) in [5, 5.41) is 4.59. The van der Waals surface area contributed by atoms with E-state index in [4.69, 9.17) is 42.4 Å². The number of hydrogen-bond acceptors (Lipinski definition) is 18. The van der Waals surface area contributed by atoms with Gasteiger partial charge in [0, 0.05) is 115 Å². The Morgan fingerprint density at radius 3 is 1.06 bits per heavy atom. The molecule has 0 saturated heterocycles. The van der Waals surface area contributed by atoms with Crippen molar-refractivity contribution < 1.29 is 23.7 Å². The second-order valence-corrected chi connectivity index (χ2v) is 41.4. The molecule has 14 rings (SSSR count). The van der Waals surface area contributed by atoms with Crippen molar-refractivity contribution in [3.05, 3.63) is 113 Å². The molecule has 9 nitrogen and oxygen atoms in total. The van der Waals surface area contributed by atoms with Gasteiger partial charge in [-0.3, -0.25) is 9.97 Å². The first kappa shape index (κ1) is 85.1. The van der Waals surface area contributed by atoms with Crippen LogP contribution in [0.4, 0.5) is 0 Å². The topological polar surface area (TPSA) is 97.7 Å². The lowest BCUT2D eigenvalue weighted by Gasteiger charge is -2.19. The SMILES string of the molecule is CCCCCCCCCCCCOc1c(C)c(-c2ccc(-c3cc4c(OCC(CC)CCCC)c5sc(-c6ccc(-c7ccc(-c8ccc(-c9cc%10c(OCC(CC)CCCC)c%11sc(C)cc%11c(OCC(CC)CCCC)c%10s9)s8)c8nccnc78)s6)cc5c(OCC(CC)CCCC)c4s3)s2)c2nsnc2c1-c1ccc(C)s1. The van der Waals surface area contributed by atoms with Crippen molar-refractivity contribution in [1.29, 1.82) is 0 Å². The highest BCUT2D eigenvalue weighted by Gasteiger charge is 2.31. The van der Waals surface area contributed by atoms with Crippen LogP contribution >= 0.6 is 102 Å². The Bertz CT molecular complexity index is 5350. The first-order valence-corrected chi connectivity index (χ1v) is 50.7. The minimum absolute atomic E-state index is 0.441. The van der Waals surface area contributed by atoms with Gasteiger partial charge < -0.3 is 23.7 Å². The van der Waals surface area contributed by atoms with E-state index in [2.05, 4.69) is 168 Å². The molecule has 0 saturated carbocycles. The first-order chi connectivity index (χ1) is 56.4. The van der Waals surface area contributed by atoms with Crippen LogP contribution in [0, 0.1) is 44.4 Å². The fraction of sp³-hybridized carbons (Fsp3) is 0.485. The summed E-state index contributed by atoms with van der Waals surface area (Å²) < 4.78 is 50.9. The minimum Gasteiger partial charge on any atom is -0.493 e. The van der Waals surface area contributed by atoms with Crippen molar-refractivity contribution in [2.45, 2.75) is 250 Å². The van der Waals surface area contributed by atoms with Crippen molar-refractivity contribution in [2.24, 2.45) is 23.7 Å². The molecule has 0 aliphatic carbocycles. The summed E-state index contributed by atoms with van der Waals surface area (Å²) in [7, 11) is 0. The third kappa shape index (κ3) is 19.4. The maximum absolute atomic E-state index is 7.42. The average Bonchev–Trinajstić information content (AvgIpc) is 1.60. The molecule has 0 bridgehead atoms. The highest BCUT2D eigenvalue weighted by molar-refractivity contribution is 7.29. The molecule has 18 heteroatoms. The van der Waals surface area contributed by atoms with Gasteiger partial charge in [0.1, 0.15) is 39.8 Å². The van der Waals surface area contributed by atoms with Gasteiger partial charge in [-0.2, -0.15) is 8.75 Å². The van der Waals surface area contributed by atoms with Gasteiger partial charge in [0.25, 0.3) is 0 Å². The van der Waals surface area contributed by atoms with Gasteiger partial charge in [-0.15, -0.1) is 90.7 Å². The lowest BCUT2D eigenvalue weighted by atomic mass is 9.98. The molecule has 0 aliphatic heterocycles. The Labute approximate surface area is 720 Å². The number of fused-ring (bicyclic) bond motifs is 6. The van der Waals surface area contributed by atoms with E-state index in [1.807, 2.05) is 103 Å². The number of hydrogen-bond donors (Lipinski definition) is 0. The van der Waals surface area contributed by atoms with Crippen LogP contribution in [0.25, 0.3) is 133 Å². The number of nitrogens with zero attached hydrogens (tertiary/aromatic N) is 4. The Kier molecular flexibility index (Phi) is 30.4. The zero-order chi connectivity index (χ0) is 79.9. The van der Waals surface area contributed by atoms with Crippen molar-refractivity contribution in [3.8, 4) is 99.8 Å². The summed E-state index contributed by atoms with van der Waals surface area (Å²) in [6.45, 7) is 30.8. The molecule has 610 valence electrons. The second-order valence-electron chi connectivity index (χ2n) is 31.9. The minimum atomic E-state index is 0.441. The summed E-state index contributed by atoms with van der Waals surface area (Å²) in [6.07, 6.45) is 35.1. The number of aryl methyl sites for hydroxylation is 2. The Morgan fingerprint density at radius 2 is 0.652 bits per heavy atom. The van der Waals surface area contributed by atoms with E-state index in [1.165, 1.54) is 197 Å². The summed E-state index contributed by atoms with van der Waals surface area (Å²) in [5.74, 6) is 6.81. The molecular weight excluding hydrogens is 1590 g/mol. The van der Waals surface area contributed by atoms with Crippen molar-refractivity contribution in [2.75, 3.05) is 33.0 Å². The van der Waals surface area contributed by atoms with E-state index in [0.29, 0.717) is 56.7 Å². The summed E-state index contributed by atoms with van der Waals surface area (Å²) in [6, 6.07) is 32.4. The van der Waals surface area contributed by atoms with E-state index >= 15 is 0 Å². The van der Waals surface area contributed by atoms with Gasteiger partial charge in [-0.25, -0.2) is 0 Å². The van der Waals surface area contributed by atoms with Gasteiger partial charge in [0.15, 0.2) is 0 Å². The lowest BCUT2D eigenvalue weighted by Crippen LogP contribution is -2.12. The zero-order valence-corrected chi connectivity index (χ0v) is 77.3. The monoisotopic (exact) mass is 1710 g/mol. The largest absolute Gasteiger partial charge is 0.493 e. The number of ether oxygens (including phenoxy) is 5. The molecule has 4 unspecified atom stereocenters. The van der Waals surface area contributed by atoms with Crippen LogP contribution in [-0.4, -0.2) is 51.7 Å². The predicted molar refractivity (Wildman–Crippen MR) is 508 cm³/mol. The maximum Gasteiger partial charge on any atom is 0.146 e. The lowest BCUT2D eigenvalue weighted by molar-refractivity contribution is 0.235. The Balaban J connectivity index is 0.802. The zero-order valence-electron chi connectivity index (χ0n) is 70.0. The molecule has 4 aromatic carbocycles. The molecular formula is C97H118N4O5S9. The van der Waals surface area contributed by atoms with E-state index < -0.39 is 0 Å². The van der Waals surface area contributed by atoms with Crippen LogP contribution in [0.2, 0.25) is 0 Å². The van der Waals surface area contributed by atoms with Crippen LogP contribution in [0.5, 0.6) is 28.7 Å². The molecule has 0 spiro atoms. The van der Waals surface area contributed by atoms with Crippen LogP contribution in [0.15, 0.2) is 97.3 Å². The highest BCUT2D eigenvalue weighted by Crippen LogP contribution is 2.58. The molecule has 0 radical (unpaired) electrons. The van der Waals surface area contributed by atoms with Crippen molar-refractivity contribution >= 4 is 165 Å². The van der Waals surface area contributed by atoms with Crippen LogP contribution < -0.4 is 23.7 Å². The summed E-state index contributed by atoms with van der Waals surface area (Å²) in [5.41, 5.74) is 9.15. The molecule has 0 aliphatic rings. The standard InChI is InChI=1S/C97H118N4O5S9/c1-13-22-27-28-29-30-31-32-33-34-51-102-89-62(12)83(87-88(101-115-100-87)84(89)79-42-39-60(10)107-79)78-48-47-77(111-78)82-55-72-93(106-59-66(21-9)38-26-17-5)96-71(92(97(72)114-82)105-58-65(20-8)37-25-16-4)54-81(113-96)76-46-44-74(110-76)68-41-40-67(85-86(68)99-50-49-98-85)73-43-45-75(109-73)80-53-70-91(104-57-64(19-7)36-24-15-3)94-69(52-61(11)108-94)90(95(70)112-80)103-56-63(18-6)35-23-14-2/h39-50,52-55,63-66H,13-38,51,56-59H2,1-12H3. The maximum atomic E-state index is 7.42. The first-order valence-electron chi connectivity index (χ1n) is 43.5. The molecule has 0 N–H and O–H groups in total. The quantitative estimate of drug-likeness (QED) is 0.0345. The van der Waals surface area contributed by atoms with E-state index in [0.717, 1.165) is 159 Å². The van der Waals surface area contributed by atoms with E-state index in [1.54, 1.807) is 0 Å². The number of unbranched alkanes of at least 4 members (excludes halogenated alkanes) is 13. The fourth-order valence-electron chi connectivity index (χ4n) is 16.3. The van der Waals surface area contributed by atoms with Crippen LogP contribution in [-0.2, 0) is 0 Å². The number of rotatable bonds is 47. The molecule has 14 aromatic rings. The fourth-order valence-corrected chi connectivity index (χ4v) is 25.7. The summed E-state index contributed by atoms with van der Waals surface area (Å²) in [4.78, 5) is 24.8. The molecule has 10 heterocycles. The predicted octanol–water partition coefficient (Wildman–Crippen LogP) is 34.0. The van der Waals surface area contributed by atoms with E-state index in [9.17, 15) is 0 Å².